The molecule has 0 unspecified atom stereocenters. The number of aromatic nitrogens is 3. The first-order valence-electron chi connectivity index (χ1n) is 4.75. The minimum atomic E-state index is 0.768. The molecule has 0 fully saturated rings. The van der Waals surface area contributed by atoms with Crippen molar-refractivity contribution < 1.29 is 0 Å². The van der Waals surface area contributed by atoms with E-state index in [4.69, 9.17) is 0 Å². The van der Waals surface area contributed by atoms with Crippen LogP contribution in [0.25, 0.3) is 0 Å². The lowest BCUT2D eigenvalue weighted by Gasteiger charge is -2.04. The van der Waals surface area contributed by atoms with Gasteiger partial charge in [-0.3, -0.25) is 4.98 Å². The van der Waals surface area contributed by atoms with Gasteiger partial charge in [0.05, 0.1) is 0 Å². The van der Waals surface area contributed by atoms with E-state index in [2.05, 4.69) is 30.9 Å². The van der Waals surface area contributed by atoms with Crippen molar-refractivity contribution >= 4 is 27.7 Å². The number of aryl methyl sites for hydroxylation is 2. The first-order valence-corrected chi connectivity index (χ1v) is 6.36. The number of rotatable bonds is 2. The molecule has 0 atom stereocenters. The number of nitrogens with zero attached hydrogens (tertiary/aromatic N) is 3. The lowest BCUT2D eigenvalue weighted by molar-refractivity contribution is 0.901. The van der Waals surface area contributed by atoms with Gasteiger partial charge in [0.25, 0.3) is 0 Å². The van der Waals surface area contributed by atoms with Gasteiger partial charge in [-0.1, -0.05) is 0 Å². The highest BCUT2D eigenvalue weighted by Gasteiger charge is 2.05. The Hall–Kier alpha value is -0.940. The molecule has 0 saturated carbocycles. The Bertz CT molecular complexity index is 496. The maximum Gasteiger partial charge on any atom is 0.192 e. The van der Waals surface area contributed by atoms with E-state index >= 15 is 0 Å². The third-order valence-corrected chi connectivity index (χ3v) is 3.73. The number of hydrogen-bond donors (Lipinski definition) is 0. The van der Waals surface area contributed by atoms with Crippen molar-refractivity contribution in [2.75, 3.05) is 0 Å². The quantitative estimate of drug-likeness (QED) is 0.796. The van der Waals surface area contributed by atoms with E-state index in [1.54, 1.807) is 12.4 Å². The number of hydrogen-bond acceptors (Lipinski definition) is 4. The Morgan fingerprint density at radius 1 is 1.19 bits per heavy atom. The smallest absolute Gasteiger partial charge is 0.192 e. The third kappa shape index (κ3) is 2.80. The zero-order chi connectivity index (χ0) is 11.5. The van der Waals surface area contributed by atoms with Crippen LogP contribution in [0.1, 0.15) is 11.4 Å². The normalized spacial score (nSPS) is 10.4. The van der Waals surface area contributed by atoms with Crippen LogP contribution in [0.5, 0.6) is 0 Å². The summed E-state index contributed by atoms with van der Waals surface area (Å²) >= 11 is 4.99. The fraction of sp³-hybridized carbons (Fsp3) is 0.182. The fourth-order valence-corrected chi connectivity index (χ4v) is 2.63. The first kappa shape index (κ1) is 11.5. The predicted octanol–water partition coefficient (Wildman–Crippen LogP) is 3.40. The Labute approximate surface area is 107 Å². The summed E-state index contributed by atoms with van der Waals surface area (Å²) in [5.41, 5.74) is 1.97. The van der Waals surface area contributed by atoms with Crippen LogP contribution >= 0.6 is 27.7 Å². The predicted molar refractivity (Wildman–Crippen MR) is 67.6 cm³/mol. The zero-order valence-electron chi connectivity index (χ0n) is 8.94. The molecule has 0 radical (unpaired) electrons. The summed E-state index contributed by atoms with van der Waals surface area (Å²) in [5, 5.41) is 0.768. The number of halogens is 1. The van der Waals surface area contributed by atoms with Gasteiger partial charge in [-0.15, -0.1) is 0 Å². The lowest BCUT2D eigenvalue weighted by atomic mass is 10.4. The van der Waals surface area contributed by atoms with Gasteiger partial charge in [0.15, 0.2) is 5.16 Å². The molecule has 2 rings (SSSR count). The maximum absolute atomic E-state index is 4.38. The molecule has 0 aliphatic rings. The molecule has 82 valence electrons. The summed E-state index contributed by atoms with van der Waals surface area (Å²) in [7, 11) is 0. The molecule has 0 bridgehead atoms. The second kappa shape index (κ2) is 4.93. The molecular formula is C11H10BrN3S. The molecule has 0 spiro atoms. The summed E-state index contributed by atoms with van der Waals surface area (Å²) in [6.45, 7) is 3.95. The van der Waals surface area contributed by atoms with Crippen LogP contribution < -0.4 is 0 Å². The molecular weight excluding hydrogens is 286 g/mol. The van der Waals surface area contributed by atoms with Crippen LogP contribution in [-0.2, 0) is 0 Å². The second-order valence-electron chi connectivity index (χ2n) is 3.34. The Balaban J connectivity index is 2.30. The van der Waals surface area contributed by atoms with Crippen LogP contribution in [-0.4, -0.2) is 15.0 Å². The first-order chi connectivity index (χ1) is 7.65. The van der Waals surface area contributed by atoms with Gasteiger partial charge in [-0.05, 0) is 53.7 Å². The van der Waals surface area contributed by atoms with E-state index in [0.717, 1.165) is 25.9 Å². The molecule has 0 aliphatic carbocycles. The Morgan fingerprint density at radius 2 is 1.88 bits per heavy atom. The topological polar surface area (TPSA) is 38.7 Å². The molecule has 2 heterocycles. The third-order valence-electron chi connectivity index (χ3n) is 1.90. The second-order valence-corrected chi connectivity index (χ2v) is 5.20. The van der Waals surface area contributed by atoms with Crippen LogP contribution in [0.3, 0.4) is 0 Å². The maximum atomic E-state index is 4.38. The Morgan fingerprint density at radius 3 is 2.50 bits per heavy atom. The molecule has 0 amide bonds. The highest BCUT2D eigenvalue weighted by molar-refractivity contribution is 9.10. The van der Waals surface area contributed by atoms with Crippen molar-refractivity contribution in [1.82, 2.24) is 15.0 Å². The van der Waals surface area contributed by atoms with Crippen molar-refractivity contribution in [2.24, 2.45) is 0 Å². The largest absolute Gasteiger partial charge is 0.263 e. The summed E-state index contributed by atoms with van der Waals surface area (Å²) in [6.07, 6.45) is 3.53. The average molecular weight is 296 g/mol. The molecule has 0 aromatic carbocycles. The highest BCUT2D eigenvalue weighted by atomic mass is 79.9. The van der Waals surface area contributed by atoms with Crippen molar-refractivity contribution in [3.63, 3.8) is 0 Å². The molecule has 3 nitrogen and oxygen atoms in total. The van der Waals surface area contributed by atoms with Crippen molar-refractivity contribution in [1.29, 1.82) is 0 Å². The summed E-state index contributed by atoms with van der Waals surface area (Å²) < 4.78 is 0.961. The summed E-state index contributed by atoms with van der Waals surface area (Å²) in [6, 6.07) is 3.90. The Kier molecular flexibility index (Phi) is 3.56. The van der Waals surface area contributed by atoms with Gasteiger partial charge in [0, 0.05) is 33.1 Å². The van der Waals surface area contributed by atoms with Gasteiger partial charge in [-0.25, -0.2) is 9.97 Å². The highest BCUT2D eigenvalue weighted by Crippen LogP contribution is 2.30. The number of pyridine rings is 1. The molecule has 5 heteroatoms. The van der Waals surface area contributed by atoms with Crippen molar-refractivity contribution in [3.05, 3.63) is 40.4 Å². The van der Waals surface area contributed by atoms with Crippen molar-refractivity contribution in [2.45, 2.75) is 23.9 Å². The molecule has 0 N–H and O–H groups in total. The molecule has 0 aliphatic heterocycles. The van der Waals surface area contributed by atoms with E-state index in [9.17, 15) is 0 Å². The van der Waals surface area contributed by atoms with E-state index in [1.807, 2.05) is 26.0 Å². The fourth-order valence-electron chi connectivity index (χ4n) is 1.28. The van der Waals surface area contributed by atoms with Gasteiger partial charge >= 0.3 is 0 Å². The van der Waals surface area contributed by atoms with Crippen LogP contribution in [0, 0.1) is 13.8 Å². The minimum absolute atomic E-state index is 0.768. The molecule has 16 heavy (non-hydrogen) atoms. The van der Waals surface area contributed by atoms with Gasteiger partial charge in [0.1, 0.15) is 0 Å². The summed E-state index contributed by atoms with van der Waals surface area (Å²) in [5.74, 6) is 0. The van der Waals surface area contributed by atoms with E-state index in [0.29, 0.717) is 0 Å². The van der Waals surface area contributed by atoms with Crippen LogP contribution in [0.4, 0.5) is 0 Å². The molecule has 0 saturated heterocycles. The van der Waals surface area contributed by atoms with E-state index in [1.165, 1.54) is 11.8 Å². The van der Waals surface area contributed by atoms with Gasteiger partial charge < -0.3 is 0 Å². The SMILES string of the molecule is Cc1cc(C)nc(Sc2ccncc2Br)n1. The van der Waals surface area contributed by atoms with Gasteiger partial charge in [-0.2, -0.15) is 0 Å². The van der Waals surface area contributed by atoms with E-state index in [-0.39, 0.29) is 0 Å². The zero-order valence-corrected chi connectivity index (χ0v) is 11.3. The monoisotopic (exact) mass is 295 g/mol. The minimum Gasteiger partial charge on any atom is -0.263 e. The average Bonchev–Trinajstić information content (AvgIpc) is 2.20. The van der Waals surface area contributed by atoms with Gasteiger partial charge in [0.2, 0.25) is 0 Å². The molecule has 2 aromatic heterocycles. The summed E-state index contributed by atoms with van der Waals surface area (Å²) in [4.78, 5) is 13.9. The van der Waals surface area contributed by atoms with Crippen LogP contribution in [0.15, 0.2) is 39.1 Å². The van der Waals surface area contributed by atoms with Crippen LogP contribution in [0.2, 0.25) is 0 Å². The molecule has 2 aromatic rings. The van der Waals surface area contributed by atoms with E-state index < -0.39 is 0 Å². The standard InChI is InChI=1S/C11H10BrN3S/c1-7-5-8(2)15-11(14-7)16-10-3-4-13-6-9(10)12/h3-6H,1-2H3. The lowest BCUT2D eigenvalue weighted by Crippen LogP contribution is -1.92. The van der Waals surface area contributed by atoms with Crippen molar-refractivity contribution in [3.8, 4) is 0 Å².